The zero-order chi connectivity index (χ0) is 21.4. The van der Waals surface area contributed by atoms with Crippen LogP contribution in [0.4, 0.5) is 0 Å². The Bertz CT molecular complexity index is 1340. The quantitative estimate of drug-likeness (QED) is 0.606. The Morgan fingerprint density at radius 2 is 2.20 bits per heavy atom. The lowest BCUT2D eigenvalue weighted by Gasteiger charge is -2.23. The summed E-state index contributed by atoms with van der Waals surface area (Å²) in [6, 6.07) is 7.77. The Morgan fingerprint density at radius 1 is 1.40 bits per heavy atom. The molecule has 2 aromatic heterocycles. The Morgan fingerprint density at radius 3 is 2.90 bits per heavy atom. The van der Waals surface area contributed by atoms with E-state index in [-0.39, 0.29) is 17.9 Å². The van der Waals surface area contributed by atoms with Crippen molar-refractivity contribution in [1.29, 1.82) is 0 Å². The van der Waals surface area contributed by atoms with Gasteiger partial charge >= 0.3 is 5.97 Å². The molecule has 30 heavy (non-hydrogen) atoms. The molecule has 1 atom stereocenters. The minimum atomic E-state index is -0.615. The fourth-order valence-electron chi connectivity index (χ4n) is 3.29. The highest BCUT2D eigenvalue weighted by Gasteiger charge is 2.33. The zero-order valence-corrected chi connectivity index (χ0v) is 18.5. The van der Waals surface area contributed by atoms with Gasteiger partial charge in [0.15, 0.2) is 4.80 Å². The number of hydrogen-bond donors (Lipinski definition) is 1. The maximum absolute atomic E-state index is 13.3. The van der Waals surface area contributed by atoms with Crippen LogP contribution in [0.3, 0.4) is 0 Å². The molecule has 0 amide bonds. The van der Waals surface area contributed by atoms with Gasteiger partial charge in [0.1, 0.15) is 11.8 Å². The number of thiophene rings is 1. The minimum Gasteiger partial charge on any atom is -0.507 e. The Kier molecular flexibility index (Phi) is 5.64. The van der Waals surface area contributed by atoms with E-state index in [1.54, 1.807) is 32.1 Å². The van der Waals surface area contributed by atoms with Crippen LogP contribution >= 0.6 is 34.3 Å². The van der Waals surface area contributed by atoms with E-state index >= 15 is 0 Å². The van der Waals surface area contributed by atoms with Crippen molar-refractivity contribution in [3.05, 3.63) is 82.1 Å². The molecule has 0 fully saturated rings. The van der Waals surface area contributed by atoms with E-state index in [1.807, 2.05) is 17.5 Å². The first-order chi connectivity index (χ1) is 14.4. The lowest BCUT2D eigenvalue weighted by Crippen LogP contribution is -2.39. The number of thiazole rings is 1. The monoisotopic (exact) mass is 460 g/mol. The van der Waals surface area contributed by atoms with Crippen LogP contribution in [-0.4, -0.2) is 22.2 Å². The first-order valence-corrected chi connectivity index (χ1v) is 11.2. The van der Waals surface area contributed by atoms with Crippen molar-refractivity contribution in [1.82, 2.24) is 4.57 Å². The topological polar surface area (TPSA) is 80.9 Å². The van der Waals surface area contributed by atoms with Gasteiger partial charge in [-0.25, -0.2) is 9.79 Å². The fourth-order valence-corrected chi connectivity index (χ4v) is 5.33. The number of phenols is 1. The van der Waals surface area contributed by atoms with E-state index < -0.39 is 12.0 Å². The Balaban J connectivity index is 1.96. The van der Waals surface area contributed by atoms with Crippen molar-refractivity contribution in [3.8, 4) is 5.75 Å². The molecule has 3 heterocycles. The summed E-state index contributed by atoms with van der Waals surface area (Å²) in [5.74, 6) is -0.470. The first kappa shape index (κ1) is 20.6. The largest absolute Gasteiger partial charge is 0.507 e. The van der Waals surface area contributed by atoms with Crippen LogP contribution in [-0.2, 0) is 9.53 Å². The van der Waals surface area contributed by atoms with E-state index in [1.165, 1.54) is 33.3 Å². The van der Waals surface area contributed by atoms with E-state index in [0.29, 0.717) is 31.2 Å². The fraction of sp³-hybridized carbons (Fsp3) is 0.190. The lowest BCUT2D eigenvalue weighted by atomic mass is 10.0. The summed E-state index contributed by atoms with van der Waals surface area (Å²) in [6.07, 6.45) is 1.58. The van der Waals surface area contributed by atoms with E-state index in [4.69, 9.17) is 16.3 Å². The third-order valence-corrected chi connectivity index (χ3v) is 6.75. The molecule has 0 bridgehead atoms. The van der Waals surface area contributed by atoms with E-state index in [0.717, 1.165) is 4.88 Å². The molecule has 0 unspecified atom stereocenters. The number of hydrogen-bond acceptors (Lipinski definition) is 7. The predicted octanol–water partition coefficient (Wildman–Crippen LogP) is 3.22. The van der Waals surface area contributed by atoms with Gasteiger partial charge in [-0.05, 0) is 49.6 Å². The predicted molar refractivity (Wildman–Crippen MR) is 118 cm³/mol. The molecule has 1 aliphatic rings. The van der Waals surface area contributed by atoms with Crippen LogP contribution in [0.25, 0.3) is 6.08 Å². The zero-order valence-electron chi connectivity index (χ0n) is 16.1. The molecule has 3 aromatic rings. The first-order valence-electron chi connectivity index (χ1n) is 9.12. The molecule has 0 radical (unpaired) electrons. The second-order valence-corrected chi connectivity index (χ2v) is 8.95. The smallest absolute Gasteiger partial charge is 0.338 e. The van der Waals surface area contributed by atoms with E-state index in [2.05, 4.69) is 4.99 Å². The number of aromatic hydroxyl groups is 1. The van der Waals surface area contributed by atoms with Gasteiger partial charge in [-0.1, -0.05) is 29.0 Å². The van der Waals surface area contributed by atoms with Crippen LogP contribution in [0.1, 0.15) is 30.3 Å². The molecule has 1 aliphatic heterocycles. The van der Waals surface area contributed by atoms with Crippen molar-refractivity contribution in [2.24, 2.45) is 4.99 Å². The normalized spacial score (nSPS) is 16.4. The van der Waals surface area contributed by atoms with Gasteiger partial charge < -0.3 is 9.84 Å². The number of halogens is 1. The highest BCUT2D eigenvalue weighted by molar-refractivity contribution is 7.10. The number of esters is 1. The highest BCUT2D eigenvalue weighted by Crippen LogP contribution is 2.33. The van der Waals surface area contributed by atoms with E-state index in [9.17, 15) is 14.7 Å². The number of carbonyl (C=O) groups excluding carboxylic acids is 1. The summed E-state index contributed by atoms with van der Waals surface area (Å²) in [5, 5.41) is 12.5. The average Bonchev–Trinajstić information content (AvgIpc) is 3.33. The summed E-state index contributed by atoms with van der Waals surface area (Å²) in [6.45, 7) is 3.71. The molecule has 1 N–H and O–H groups in total. The van der Waals surface area contributed by atoms with Crippen molar-refractivity contribution in [2.45, 2.75) is 19.9 Å². The van der Waals surface area contributed by atoms with Crippen LogP contribution in [0, 0.1) is 0 Å². The number of fused-ring (bicyclic) bond motifs is 1. The standard InChI is InChI=1S/C21H17ClN2O4S2/c1-3-28-20(27)17-11(2)23-21-24(18(17)15-5-4-8-29-15)19(26)16(30-21)10-12-9-13(22)6-7-14(12)25/h4-10,18,25H,3H2,1-2H3/b16-10-/t18-/m0/s1. The molecule has 9 heteroatoms. The van der Waals surface area contributed by atoms with Gasteiger partial charge in [0.2, 0.25) is 0 Å². The van der Waals surface area contributed by atoms with Gasteiger partial charge in [0.25, 0.3) is 5.56 Å². The number of allylic oxidation sites excluding steroid dienone is 1. The van der Waals surface area contributed by atoms with Gasteiger partial charge in [-0.15, -0.1) is 11.3 Å². The summed E-state index contributed by atoms with van der Waals surface area (Å²) in [4.78, 5) is 31.9. The molecule has 6 nitrogen and oxygen atoms in total. The number of ether oxygens (including phenoxy) is 1. The number of phenolic OH excluding ortho intramolecular Hbond substituents is 1. The summed E-state index contributed by atoms with van der Waals surface area (Å²) in [5.41, 5.74) is 1.00. The van der Waals surface area contributed by atoms with Crippen LogP contribution in [0.5, 0.6) is 5.75 Å². The van der Waals surface area contributed by atoms with Crippen molar-refractivity contribution in [2.75, 3.05) is 6.61 Å². The summed E-state index contributed by atoms with van der Waals surface area (Å²) < 4.78 is 7.14. The van der Waals surface area contributed by atoms with Gasteiger partial charge in [-0.3, -0.25) is 9.36 Å². The number of benzene rings is 1. The third-order valence-electron chi connectivity index (χ3n) is 4.61. The Hall–Kier alpha value is -2.68. The SMILES string of the molecule is CCOC(=O)C1=C(C)N=c2s/c(=C\c3cc(Cl)ccc3O)c(=O)n2[C@H]1c1cccs1. The van der Waals surface area contributed by atoms with Gasteiger partial charge in [-0.2, -0.15) is 0 Å². The number of aromatic nitrogens is 1. The number of nitrogens with zero attached hydrogens (tertiary/aromatic N) is 2. The maximum Gasteiger partial charge on any atom is 0.338 e. The molecular weight excluding hydrogens is 444 g/mol. The number of carbonyl (C=O) groups is 1. The van der Waals surface area contributed by atoms with Gasteiger partial charge in [0, 0.05) is 15.5 Å². The average molecular weight is 461 g/mol. The number of rotatable bonds is 4. The molecule has 0 aliphatic carbocycles. The summed E-state index contributed by atoms with van der Waals surface area (Å²) in [7, 11) is 0. The van der Waals surface area contributed by atoms with Crippen LogP contribution in [0.2, 0.25) is 5.02 Å². The molecule has 0 saturated heterocycles. The van der Waals surface area contributed by atoms with Crippen molar-refractivity contribution >= 4 is 46.3 Å². The van der Waals surface area contributed by atoms with Crippen molar-refractivity contribution < 1.29 is 14.6 Å². The van der Waals surface area contributed by atoms with Crippen LogP contribution < -0.4 is 14.9 Å². The second kappa shape index (κ2) is 8.22. The van der Waals surface area contributed by atoms with Gasteiger partial charge in [0.05, 0.1) is 22.4 Å². The highest BCUT2D eigenvalue weighted by atomic mass is 35.5. The molecular formula is C21H17ClN2O4S2. The molecule has 1 aromatic carbocycles. The minimum absolute atomic E-state index is 0.0171. The van der Waals surface area contributed by atoms with Crippen molar-refractivity contribution in [3.63, 3.8) is 0 Å². The summed E-state index contributed by atoms with van der Waals surface area (Å²) >= 11 is 8.68. The van der Waals surface area contributed by atoms with Crippen LogP contribution in [0.15, 0.2) is 56.8 Å². The molecule has 0 saturated carbocycles. The lowest BCUT2D eigenvalue weighted by molar-refractivity contribution is -0.139. The third kappa shape index (κ3) is 3.62. The second-order valence-electron chi connectivity index (χ2n) is 6.52. The maximum atomic E-state index is 13.3. The molecule has 154 valence electrons. The molecule has 0 spiro atoms. The Labute approximate surface area is 184 Å². The molecule has 4 rings (SSSR count).